The molecule has 0 spiro atoms. The highest BCUT2D eigenvalue weighted by molar-refractivity contribution is 6.30. The average Bonchev–Trinajstić information content (AvgIpc) is 3.12. The topological polar surface area (TPSA) is 62.7 Å². The van der Waals surface area contributed by atoms with E-state index in [9.17, 15) is 9.59 Å². The fraction of sp³-hybridized carbons (Fsp3) is 0.350. The second-order valence-corrected chi connectivity index (χ2v) is 7.16. The summed E-state index contributed by atoms with van der Waals surface area (Å²) in [4.78, 5) is 32.3. The molecular weight excluding hydrogens is 366 g/mol. The van der Waals surface area contributed by atoms with Gasteiger partial charge in [0, 0.05) is 38.3 Å². The molecule has 0 aliphatic carbocycles. The number of likely N-dealkylation sites (tertiary alicyclic amines) is 1. The summed E-state index contributed by atoms with van der Waals surface area (Å²) >= 11 is 5.88. The standard InChI is InChI=1S/C20H22ClN3O3/c1-23(2)20(26)17-4-3-10-22-19(17)27-16-9-11-24(13-16)18(25)12-14-5-7-15(21)8-6-14/h3-8,10,16H,9,11-13H2,1-2H3. The van der Waals surface area contributed by atoms with Crippen molar-refractivity contribution in [3.8, 4) is 5.88 Å². The smallest absolute Gasteiger partial charge is 0.258 e. The lowest BCUT2D eigenvalue weighted by Gasteiger charge is -2.19. The van der Waals surface area contributed by atoms with E-state index in [-0.39, 0.29) is 17.9 Å². The van der Waals surface area contributed by atoms with Gasteiger partial charge in [0.05, 0.1) is 13.0 Å². The van der Waals surface area contributed by atoms with Gasteiger partial charge in [-0.1, -0.05) is 23.7 Å². The maximum atomic E-state index is 12.5. The van der Waals surface area contributed by atoms with Gasteiger partial charge in [-0.3, -0.25) is 9.59 Å². The maximum Gasteiger partial charge on any atom is 0.258 e. The number of hydrogen-bond donors (Lipinski definition) is 0. The van der Waals surface area contributed by atoms with Crippen molar-refractivity contribution in [1.82, 2.24) is 14.8 Å². The van der Waals surface area contributed by atoms with E-state index in [4.69, 9.17) is 16.3 Å². The lowest BCUT2D eigenvalue weighted by atomic mass is 10.1. The molecule has 0 radical (unpaired) electrons. The molecule has 1 aromatic carbocycles. The molecule has 2 aromatic rings. The van der Waals surface area contributed by atoms with Crippen LogP contribution in [0.4, 0.5) is 0 Å². The number of nitrogens with zero attached hydrogens (tertiary/aromatic N) is 3. The summed E-state index contributed by atoms with van der Waals surface area (Å²) in [6.07, 6.45) is 2.46. The van der Waals surface area contributed by atoms with Gasteiger partial charge in [0.2, 0.25) is 11.8 Å². The Morgan fingerprint density at radius 3 is 2.70 bits per heavy atom. The predicted molar refractivity (Wildman–Crippen MR) is 103 cm³/mol. The van der Waals surface area contributed by atoms with Crippen molar-refractivity contribution in [2.45, 2.75) is 18.9 Å². The minimum atomic E-state index is -0.178. The minimum absolute atomic E-state index is 0.0500. The molecule has 1 atom stereocenters. The molecule has 0 N–H and O–H groups in total. The van der Waals surface area contributed by atoms with E-state index in [1.165, 1.54) is 4.90 Å². The average molecular weight is 388 g/mol. The van der Waals surface area contributed by atoms with E-state index in [2.05, 4.69) is 4.98 Å². The number of rotatable bonds is 5. The predicted octanol–water partition coefficient (Wildman–Crippen LogP) is 2.66. The Morgan fingerprint density at radius 2 is 2.00 bits per heavy atom. The van der Waals surface area contributed by atoms with Gasteiger partial charge < -0.3 is 14.5 Å². The van der Waals surface area contributed by atoms with Crippen LogP contribution < -0.4 is 4.74 Å². The van der Waals surface area contributed by atoms with Gasteiger partial charge >= 0.3 is 0 Å². The van der Waals surface area contributed by atoms with Gasteiger partial charge in [-0.25, -0.2) is 4.98 Å². The summed E-state index contributed by atoms with van der Waals surface area (Å²) < 4.78 is 5.95. The highest BCUT2D eigenvalue weighted by atomic mass is 35.5. The van der Waals surface area contributed by atoms with E-state index >= 15 is 0 Å². The first-order valence-corrected chi connectivity index (χ1v) is 9.17. The van der Waals surface area contributed by atoms with Crippen molar-refractivity contribution >= 4 is 23.4 Å². The summed E-state index contributed by atoms with van der Waals surface area (Å²) in [7, 11) is 3.37. The summed E-state index contributed by atoms with van der Waals surface area (Å²) in [6, 6.07) is 10.7. The van der Waals surface area contributed by atoms with Crippen molar-refractivity contribution in [3.05, 3.63) is 58.7 Å². The lowest BCUT2D eigenvalue weighted by molar-refractivity contribution is -0.129. The number of halogens is 1. The van der Waals surface area contributed by atoms with E-state index in [1.54, 1.807) is 49.5 Å². The molecular formula is C20H22ClN3O3. The lowest BCUT2D eigenvalue weighted by Crippen LogP contribution is -2.32. The summed E-state index contributed by atoms with van der Waals surface area (Å²) in [5, 5.41) is 0.652. The fourth-order valence-corrected chi connectivity index (χ4v) is 3.11. The second-order valence-electron chi connectivity index (χ2n) is 6.73. The monoisotopic (exact) mass is 387 g/mol. The number of carbonyl (C=O) groups excluding carboxylic acids is 2. The van der Waals surface area contributed by atoms with Gasteiger partial charge in [0.15, 0.2) is 0 Å². The van der Waals surface area contributed by atoms with Crippen LogP contribution in [0.2, 0.25) is 5.02 Å². The Morgan fingerprint density at radius 1 is 1.26 bits per heavy atom. The molecule has 2 amide bonds. The quantitative estimate of drug-likeness (QED) is 0.791. The van der Waals surface area contributed by atoms with Crippen LogP contribution >= 0.6 is 11.6 Å². The highest BCUT2D eigenvalue weighted by Gasteiger charge is 2.29. The third kappa shape index (κ3) is 4.77. The number of ether oxygens (including phenoxy) is 1. The zero-order valence-electron chi connectivity index (χ0n) is 15.4. The molecule has 1 fully saturated rings. The number of amides is 2. The van der Waals surface area contributed by atoms with E-state index in [0.29, 0.717) is 42.4 Å². The van der Waals surface area contributed by atoms with Crippen LogP contribution in [-0.2, 0) is 11.2 Å². The maximum absolute atomic E-state index is 12.5. The third-order valence-corrected chi connectivity index (χ3v) is 4.70. The van der Waals surface area contributed by atoms with Crippen molar-refractivity contribution in [2.75, 3.05) is 27.2 Å². The molecule has 142 valence electrons. The van der Waals surface area contributed by atoms with Gasteiger partial charge in [-0.15, -0.1) is 0 Å². The molecule has 0 saturated carbocycles. The Hall–Kier alpha value is -2.60. The largest absolute Gasteiger partial charge is 0.472 e. The Bertz CT molecular complexity index is 823. The van der Waals surface area contributed by atoms with Crippen LogP contribution in [0.1, 0.15) is 22.3 Å². The molecule has 1 saturated heterocycles. The number of benzene rings is 1. The zero-order chi connectivity index (χ0) is 19.4. The molecule has 1 aliphatic rings. The first-order chi connectivity index (χ1) is 12.9. The molecule has 0 bridgehead atoms. The SMILES string of the molecule is CN(C)C(=O)c1cccnc1OC1CCN(C(=O)Cc2ccc(Cl)cc2)C1. The van der Waals surface area contributed by atoms with E-state index < -0.39 is 0 Å². The summed E-state index contributed by atoms with van der Waals surface area (Å²) in [5.41, 5.74) is 1.35. The van der Waals surface area contributed by atoms with Crippen molar-refractivity contribution in [3.63, 3.8) is 0 Å². The van der Waals surface area contributed by atoms with Crippen molar-refractivity contribution in [2.24, 2.45) is 0 Å². The molecule has 1 unspecified atom stereocenters. The Balaban J connectivity index is 1.61. The number of aromatic nitrogens is 1. The number of pyridine rings is 1. The molecule has 1 aromatic heterocycles. The van der Waals surface area contributed by atoms with Crippen molar-refractivity contribution in [1.29, 1.82) is 0 Å². The van der Waals surface area contributed by atoms with Crippen LogP contribution in [0.25, 0.3) is 0 Å². The minimum Gasteiger partial charge on any atom is -0.472 e. The molecule has 27 heavy (non-hydrogen) atoms. The third-order valence-electron chi connectivity index (χ3n) is 4.45. The van der Waals surface area contributed by atoms with Gasteiger partial charge in [-0.2, -0.15) is 0 Å². The van der Waals surface area contributed by atoms with Crippen LogP contribution in [0, 0.1) is 0 Å². The van der Waals surface area contributed by atoms with Gasteiger partial charge in [0.1, 0.15) is 11.7 Å². The Labute approximate surface area is 163 Å². The Kier molecular flexibility index (Phi) is 5.96. The summed E-state index contributed by atoms with van der Waals surface area (Å²) in [5.74, 6) is 0.203. The second kappa shape index (κ2) is 8.39. The van der Waals surface area contributed by atoms with E-state index in [1.807, 2.05) is 12.1 Å². The molecule has 6 nitrogen and oxygen atoms in total. The molecule has 7 heteroatoms. The van der Waals surface area contributed by atoms with Crippen molar-refractivity contribution < 1.29 is 14.3 Å². The summed E-state index contributed by atoms with van der Waals surface area (Å²) in [6.45, 7) is 1.11. The zero-order valence-corrected chi connectivity index (χ0v) is 16.1. The van der Waals surface area contributed by atoms with Crippen LogP contribution in [-0.4, -0.2) is 59.9 Å². The van der Waals surface area contributed by atoms with Gasteiger partial charge in [-0.05, 0) is 29.8 Å². The van der Waals surface area contributed by atoms with Gasteiger partial charge in [0.25, 0.3) is 5.91 Å². The first kappa shape index (κ1) is 19.2. The molecule has 2 heterocycles. The fourth-order valence-electron chi connectivity index (χ4n) is 2.99. The van der Waals surface area contributed by atoms with Crippen LogP contribution in [0.3, 0.4) is 0 Å². The number of hydrogen-bond acceptors (Lipinski definition) is 4. The molecule has 1 aliphatic heterocycles. The van der Waals surface area contributed by atoms with E-state index in [0.717, 1.165) is 5.56 Å². The first-order valence-electron chi connectivity index (χ1n) is 8.79. The van der Waals surface area contributed by atoms with Crippen LogP contribution in [0.15, 0.2) is 42.6 Å². The normalized spacial score (nSPS) is 16.3. The highest BCUT2D eigenvalue weighted by Crippen LogP contribution is 2.22. The molecule has 3 rings (SSSR count). The van der Waals surface area contributed by atoms with Crippen LogP contribution in [0.5, 0.6) is 5.88 Å². The number of carbonyl (C=O) groups is 2.